The van der Waals surface area contributed by atoms with Gasteiger partial charge in [-0.25, -0.2) is 4.98 Å². The van der Waals surface area contributed by atoms with Crippen molar-refractivity contribution in [3.05, 3.63) is 42.2 Å². The molecule has 0 aliphatic rings. The molecule has 0 saturated carbocycles. The third-order valence-corrected chi connectivity index (χ3v) is 3.85. The summed E-state index contributed by atoms with van der Waals surface area (Å²) in [7, 11) is 1.92. The maximum absolute atomic E-state index is 6.33. The fraction of sp³-hybridized carbons (Fsp3) is 0.250. The summed E-state index contributed by atoms with van der Waals surface area (Å²) in [5, 5.41) is 4.28. The zero-order valence-corrected chi connectivity index (χ0v) is 12.5. The summed E-state index contributed by atoms with van der Waals surface area (Å²) in [6.07, 6.45) is 1.82. The van der Waals surface area contributed by atoms with Crippen LogP contribution >= 0.6 is 0 Å². The molecule has 0 spiro atoms. The molecule has 0 bridgehead atoms. The van der Waals surface area contributed by atoms with Gasteiger partial charge in [0.25, 0.3) is 0 Å². The van der Waals surface area contributed by atoms with Crippen LogP contribution in [0.3, 0.4) is 0 Å². The SMILES string of the molecule is CCn1c(-c2ccccc2)nc(-c2cnn(C)c2C)c1N. The Balaban J connectivity index is 2.21. The third kappa shape index (κ3) is 2.11. The fourth-order valence-electron chi connectivity index (χ4n) is 2.52. The predicted octanol–water partition coefficient (Wildman–Crippen LogP) is 2.86. The van der Waals surface area contributed by atoms with Gasteiger partial charge in [0.05, 0.1) is 6.20 Å². The Kier molecular flexibility index (Phi) is 3.25. The maximum atomic E-state index is 6.33. The number of aromatic nitrogens is 4. The lowest BCUT2D eigenvalue weighted by Crippen LogP contribution is -2.02. The summed E-state index contributed by atoms with van der Waals surface area (Å²) in [5.74, 6) is 1.58. The standard InChI is InChI=1S/C16H19N5/c1-4-21-15(17)14(13-10-18-20(3)11(13)2)19-16(21)12-8-6-5-7-9-12/h5-10H,4,17H2,1-3H3. The molecule has 0 atom stereocenters. The zero-order chi connectivity index (χ0) is 15.0. The highest BCUT2D eigenvalue weighted by molar-refractivity contribution is 5.76. The van der Waals surface area contributed by atoms with Crippen molar-refractivity contribution in [2.45, 2.75) is 20.4 Å². The largest absolute Gasteiger partial charge is 0.383 e. The highest BCUT2D eigenvalue weighted by Gasteiger charge is 2.19. The van der Waals surface area contributed by atoms with Gasteiger partial charge >= 0.3 is 0 Å². The van der Waals surface area contributed by atoms with Crippen molar-refractivity contribution in [1.29, 1.82) is 0 Å². The first-order chi connectivity index (χ1) is 10.1. The van der Waals surface area contributed by atoms with E-state index in [-0.39, 0.29) is 0 Å². The Bertz CT molecular complexity index is 768. The second-order valence-electron chi connectivity index (χ2n) is 5.05. The fourth-order valence-corrected chi connectivity index (χ4v) is 2.52. The van der Waals surface area contributed by atoms with Crippen LogP contribution in [0.5, 0.6) is 0 Å². The number of nitrogen functional groups attached to an aromatic ring is 1. The molecule has 0 amide bonds. The van der Waals surface area contributed by atoms with Crippen LogP contribution in [0, 0.1) is 6.92 Å². The van der Waals surface area contributed by atoms with Crippen LogP contribution in [0.15, 0.2) is 36.5 Å². The summed E-state index contributed by atoms with van der Waals surface area (Å²) < 4.78 is 3.87. The van der Waals surface area contributed by atoms with Crippen molar-refractivity contribution in [2.24, 2.45) is 7.05 Å². The first-order valence-corrected chi connectivity index (χ1v) is 7.03. The minimum atomic E-state index is 0.687. The number of rotatable bonds is 3. The van der Waals surface area contributed by atoms with E-state index in [2.05, 4.69) is 12.0 Å². The molecule has 21 heavy (non-hydrogen) atoms. The van der Waals surface area contributed by atoms with E-state index < -0.39 is 0 Å². The first-order valence-electron chi connectivity index (χ1n) is 7.03. The van der Waals surface area contributed by atoms with Crippen LogP contribution < -0.4 is 5.73 Å². The molecule has 1 aromatic carbocycles. The Morgan fingerprint density at radius 3 is 2.48 bits per heavy atom. The van der Waals surface area contributed by atoms with E-state index in [9.17, 15) is 0 Å². The van der Waals surface area contributed by atoms with E-state index >= 15 is 0 Å². The second kappa shape index (κ2) is 5.09. The van der Waals surface area contributed by atoms with Crippen molar-refractivity contribution < 1.29 is 0 Å². The molecule has 0 radical (unpaired) electrons. The summed E-state index contributed by atoms with van der Waals surface area (Å²) in [6.45, 7) is 4.88. The smallest absolute Gasteiger partial charge is 0.142 e. The van der Waals surface area contributed by atoms with Crippen molar-refractivity contribution in [2.75, 3.05) is 5.73 Å². The van der Waals surface area contributed by atoms with E-state index in [0.29, 0.717) is 5.82 Å². The molecule has 0 aliphatic carbocycles. The van der Waals surface area contributed by atoms with Gasteiger partial charge in [0.1, 0.15) is 17.3 Å². The molecule has 0 fully saturated rings. The number of anilines is 1. The number of aryl methyl sites for hydroxylation is 1. The first kappa shape index (κ1) is 13.4. The summed E-state index contributed by atoms with van der Waals surface area (Å²) in [4.78, 5) is 4.78. The molecular weight excluding hydrogens is 262 g/mol. The van der Waals surface area contributed by atoms with Crippen LogP contribution in [-0.4, -0.2) is 19.3 Å². The summed E-state index contributed by atoms with van der Waals surface area (Å²) in [6, 6.07) is 10.1. The van der Waals surface area contributed by atoms with Crippen molar-refractivity contribution in [3.8, 4) is 22.6 Å². The number of benzene rings is 1. The van der Waals surface area contributed by atoms with Crippen LogP contribution in [0.25, 0.3) is 22.6 Å². The Hall–Kier alpha value is -2.56. The maximum Gasteiger partial charge on any atom is 0.142 e. The quantitative estimate of drug-likeness (QED) is 0.803. The van der Waals surface area contributed by atoms with Crippen LogP contribution in [0.4, 0.5) is 5.82 Å². The van der Waals surface area contributed by atoms with Gasteiger partial charge in [-0.05, 0) is 13.8 Å². The van der Waals surface area contributed by atoms with Crippen LogP contribution in [-0.2, 0) is 13.6 Å². The molecule has 2 heterocycles. The summed E-state index contributed by atoms with van der Waals surface area (Å²) in [5.41, 5.74) is 10.2. The minimum Gasteiger partial charge on any atom is -0.383 e. The van der Waals surface area contributed by atoms with Crippen LogP contribution in [0.1, 0.15) is 12.6 Å². The van der Waals surface area contributed by atoms with E-state index in [1.807, 2.05) is 59.7 Å². The monoisotopic (exact) mass is 281 g/mol. The van der Waals surface area contributed by atoms with E-state index in [1.165, 1.54) is 0 Å². The summed E-state index contributed by atoms with van der Waals surface area (Å²) >= 11 is 0. The van der Waals surface area contributed by atoms with Gasteiger partial charge in [-0.3, -0.25) is 4.68 Å². The third-order valence-electron chi connectivity index (χ3n) is 3.85. The lowest BCUT2D eigenvalue weighted by molar-refractivity contribution is 0.740. The van der Waals surface area contributed by atoms with E-state index in [1.54, 1.807) is 0 Å². The normalized spacial score (nSPS) is 11.0. The predicted molar refractivity (Wildman–Crippen MR) is 84.7 cm³/mol. The van der Waals surface area contributed by atoms with Gasteiger partial charge in [0.2, 0.25) is 0 Å². The van der Waals surface area contributed by atoms with Gasteiger partial charge in [-0.15, -0.1) is 0 Å². The molecule has 2 aromatic heterocycles. The molecular formula is C16H19N5. The lowest BCUT2D eigenvalue weighted by atomic mass is 10.2. The van der Waals surface area contributed by atoms with Crippen molar-refractivity contribution in [3.63, 3.8) is 0 Å². The number of nitrogens with zero attached hydrogens (tertiary/aromatic N) is 4. The minimum absolute atomic E-state index is 0.687. The second-order valence-corrected chi connectivity index (χ2v) is 5.05. The van der Waals surface area contributed by atoms with Crippen LogP contribution in [0.2, 0.25) is 0 Å². The molecule has 0 saturated heterocycles. The molecule has 3 rings (SSSR count). The van der Waals surface area contributed by atoms with Gasteiger partial charge in [-0.2, -0.15) is 5.10 Å². The van der Waals surface area contributed by atoms with Crippen molar-refractivity contribution >= 4 is 5.82 Å². The molecule has 0 unspecified atom stereocenters. The van der Waals surface area contributed by atoms with E-state index in [4.69, 9.17) is 10.7 Å². The van der Waals surface area contributed by atoms with Crippen molar-refractivity contribution in [1.82, 2.24) is 19.3 Å². The lowest BCUT2D eigenvalue weighted by Gasteiger charge is -2.06. The number of imidazole rings is 1. The molecule has 5 heteroatoms. The topological polar surface area (TPSA) is 61.7 Å². The average Bonchev–Trinajstić information content (AvgIpc) is 3.01. The molecule has 3 aromatic rings. The van der Waals surface area contributed by atoms with Gasteiger partial charge in [0, 0.05) is 30.4 Å². The highest BCUT2D eigenvalue weighted by atomic mass is 15.3. The number of hydrogen-bond donors (Lipinski definition) is 1. The van der Waals surface area contributed by atoms with E-state index in [0.717, 1.165) is 34.9 Å². The molecule has 108 valence electrons. The highest BCUT2D eigenvalue weighted by Crippen LogP contribution is 2.32. The Morgan fingerprint density at radius 1 is 1.19 bits per heavy atom. The molecule has 2 N–H and O–H groups in total. The Labute approximate surface area is 124 Å². The van der Waals surface area contributed by atoms with Gasteiger partial charge < -0.3 is 10.3 Å². The average molecular weight is 281 g/mol. The number of nitrogens with two attached hydrogens (primary N) is 1. The number of hydrogen-bond acceptors (Lipinski definition) is 3. The molecule has 0 aliphatic heterocycles. The van der Waals surface area contributed by atoms with Gasteiger partial charge in [0.15, 0.2) is 0 Å². The Morgan fingerprint density at radius 2 is 1.90 bits per heavy atom. The molecule has 5 nitrogen and oxygen atoms in total. The zero-order valence-electron chi connectivity index (χ0n) is 12.5. The van der Waals surface area contributed by atoms with Gasteiger partial charge in [-0.1, -0.05) is 30.3 Å².